The number of alkyl halides is 6. The van der Waals surface area contributed by atoms with Gasteiger partial charge in [0.05, 0.1) is 11.1 Å². The van der Waals surface area contributed by atoms with Gasteiger partial charge < -0.3 is 10.2 Å². The summed E-state index contributed by atoms with van der Waals surface area (Å²) < 4.78 is 77.6. The average Bonchev–Trinajstić information content (AvgIpc) is 3.19. The summed E-state index contributed by atoms with van der Waals surface area (Å²) in [4.78, 5) is 18.6. The van der Waals surface area contributed by atoms with Gasteiger partial charge in [-0.25, -0.2) is 4.98 Å². The summed E-state index contributed by atoms with van der Waals surface area (Å²) in [5, 5.41) is 2.37. The molecule has 1 aliphatic rings. The van der Waals surface area contributed by atoms with Crippen LogP contribution in [0.3, 0.4) is 0 Å². The molecule has 0 unspecified atom stereocenters. The minimum absolute atomic E-state index is 0.0119. The topological polar surface area (TPSA) is 45.2 Å². The van der Waals surface area contributed by atoms with E-state index >= 15 is 0 Å². The first-order valence-electron chi connectivity index (χ1n) is 8.81. The van der Waals surface area contributed by atoms with Crippen molar-refractivity contribution in [2.24, 2.45) is 0 Å². The van der Waals surface area contributed by atoms with E-state index in [0.29, 0.717) is 23.5 Å². The van der Waals surface area contributed by atoms with Gasteiger partial charge in [-0.15, -0.1) is 0 Å². The van der Waals surface area contributed by atoms with E-state index in [1.165, 1.54) is 0 Å². The Morgan fingerprint density at radius 2 is 1.55 bits per heavy atom. The van der Waals surface area contributed by atoms with Crippen molar-refractivity contribution in [3.63, 3.8) is 0 Å². The molecule has 1 aliphatic heterocycles. The molecule has 2 aromatic rings. The summed E-state index contributed by atoms with van der Waals surface area (Å²) in [7, 11) is 0. The van der Waals surface area contributed by atoms with Crippen LogP contribution in [0.4, 0.5) is 32.2 Å². The van der Waals surface area contributed by atoms with Crippen molar-refractivity contribution < 1.29 is 31.1 Å². The Morgan fingerprint density at radius 1 is 0.966 bits per heavy atom. The number of hydrogen-bond acceptors (Lipinski definition) is 3. The minimum atomic E-state index is -5.01. The number of rotatable bonds is 4. The van der Waals surface area contributed by atoms with Crippen molar-refractivity contribution in [1.82, 2.24) is 10.3 Å². The predicted molar refractivity (Wildman–Crippen MR) is 93.3 cm³/mol. The van der Waals surface area contributed by atoms with Crippen LogP contribution in [0.5, 0.6) is 0 Å². The molecule has 0 bridgehead atoms. The number of hydrogen-bond donors (Lipinski definition) is 1. The molecule has 0 saturated carbocycles. The number of aromatic nitrogens is 1. The normalized spacial score (nSPS) is 14.9. The fourth-order valence-electron chi connectivity index (χ4n) is 3.06. The van der Waals surface area contributed by atoms with Crippen LogP contribution in [0.2, 0.25) is 0 Å². The standard InChI is InChI=1S/C19H17F6N3O/c20-18(21,22)14-8-13(9-15(10-14)19(23,24)25)17(29)27-11-12-3-4-26-16(7-12)28-5-1-2-6-28/h3-4,7-10H,1-2,5-6,11H2,(H,27,29). The molecule has 10 heteroatoms. The van der Waals surface area contributed by atoms with Crippen molar-refractivity contribution in [2.75, 3.05) is 18.0 Å². The Labute approximate surface area is 162 Å². The number of carbonyl (C=O) groups is 1. The minimum Gasteiger partial charge on any atom is -0.357 e. The summed E-state index contributed by atoms with van der Waals surface area (Å²) >= 11 is 0. The van der Waals surface area contributed by atoms with Crippen LogP contribution in [-0.2, 0) is 18.9 Å². The second kappa shape index (κ2) is 7.92. The van der Waals surface area contributed by atoms with Crippen LogP contribution >= 0.6 is 0 Å². The van der Waals surface area contributed by atoms with Crippen molar-refractivity contribution >= 4 is 11.7 Å². The molecule has 4 nitrogen and oxygen atoms in total. The number of anilines is 1. The molecule has 1 aromatic heterocycles. The van der Waals surface area contributed by atoms with Crippen molar-refractivity contribution in [3.8, 4) is 0 Å². The maximum Gasteiger partial charge on any atom is 0.416 e. The molecule has 0 radical (unpaired) electrons. The Kier molecular flexibility index (Phi) is 5.72. The van der Waals surface area contributed by atoms with E-state index in [1.807, 2.05) is 0 Å². The lowest BCUT2D eigenvalue weighted by Gasteiger charge is -2.17. The van der Waals surface area contributed by atoms with Crippen molar-refractivity contribution in [3.05, 3.63) is 58.8 Å². The van der Waals surface area contributed by atoms with Gasteiger partial charge in [-0.2, -0.15) is 26.3 Å². The van der Waals surface area contributed by atoms with E-state index in [0.717, 1.165) is 25.9 Å². The largest absolute Gasteiger partial charge is 0.416 e. The van der Waals surface area contributed by atoms with E-state index in [4.69, 9.17) is 0 Å². The Morgan fingerprint density at radius 3 is 2.10 bits per heavy atom. The second-order valence-electron chi connectivity index (χ2n) is 6.69. The molecule has 29 heavy (non-hydrogen) atoms. The highest BCUT2D eigenvalue weighted by atomic mass is 19.4. The highest BCUT2D eigenvalue weighted by Gasteiger charge is 2.37. The van der Waals surface area contributed by atoms with Crippen LogP contribution in [-0.4, -0.2) is 24.0 Å². The number of halogens is 6. The van der Waals surface area contributed by atoms with Gasteiger partial charge in [0.15, 0.2) is 0 Å². The number of nitrogens with zero attached hydrogens (tertiary/aromatic N) is 2. The summed E-state index contributed by atoms with van der Waals surface area (Å²) in [6.07, 6.45) is -6.39. The lowest BCUT2D eigenvalue weighted by molar-refractivity contribution is -0.143. The first-order valence-corrected chi connectivity index (χ1v) is 8.81. The SMILES string of the molecule is O=C(NCc1ccnc(N2CCCC2)c1)c1cc(C(F)(F)F)cc(C(F)(F)F)c1. The Hall–Kier alpha value is -2.78. The monoisotopic (exact) mass is 417 g/mol. The summed E-state index contributed by atoms with van der Waals surface area (Å²) in [6.45, 7) is 1.65. The number of benzene rings is 1. The van der Waals surface area contributed by atoms with Crippen LogP contribution in [0.1, 0.15) is 39.9 Å². The van der Waals surface area contributed by atoms with Gasteiger partial charge in [-0.3, -0.25) is 4.79 Å². The fraction of sp³-hybridized carbons (Fsp3) is 0.368. The molecule has 0 spiro atoms. The van der Waals surface area contributed by atoms with E-state index in [1.54, 1.807) is 18.3 Å². The van der Waals surface area contributed by atoms with Gasteiger partial charge in [-0.05, 0) is 48.7 Å². The van der Waals surface area contributed by atoms with Gasteiger partial charge in [0.2, 0.25) is 0 Å². The molecule has 1 N–H and O–H groups in total. The highest BCUT2D eigenvalue weighted by molar-refractivity contribution is 5.94. The quantitative estimate of drug-likeness (QED) is 0.737. The average molecular weight is 417 g/mol. The smallest absolute Gasteiger partial charge is 0.357 e. The third-order valence-electron chi connectivity index (χ3n) is 4.54. The van der Waals surface area contributed by atoms with E-state index in [9.17, 15) is 31.1 Å². The molecule has 1 saturated heterocycles. The van der Waals surface area contributed by atoms with Gasteiger partial charge >= 0.3 is 12.4 Å². The van der Waals surface area contributed by atoms with Gasteiger partial charge in [0.1, 0.15) is 5.82 Å². The zero-order chi connectivity index (χ0) is 21.2. The van der Waals surface area contributed by atoms with E-state index in [2.05, 4.69) is 15.2 Å². The van der Waals surface area contributed by atoms with Crippen molar-refractivity contribution in [1.29, 1.82) is 0 Å². The lowest BCUT2D eigenvalue weighted by atomic mass is 10.0. The van der Waals surface area contributed by atoms with Crippen LogP contribution in [0.25, 0.3) is 0 Å². The molecule has 156 valence electrons. The number of pyridine rings is 1. The van der Waals surface area contributed by atoms with Crippen LogP contribution < -0.4 is 10.2 Å². The van der Waals surface area contributed by atoms with E-state index in [-0.39, 0.29) is 12.6 Å². The van der Waals surface area contributed by atoms with Crippen LogP contribution in [0, 0.1) is 0 Å². The fourth-order valence-corrected chi connectivity index (χ4v) is 3.06. The molecular weight excluding hydrogens is 400 g/mol. The first-order chi connectivity index (χ1) is 13.5. The van der Waals surface area contributed by atoms with Gasteiger partial charge in [0.25, 0.3) is 5.91 Å². The zero-order valence-electron chi connectivity index (χ0n) is 15.1. The van der Waals surface area contributed by atoms with E-state index < -0.39 is 35.0 Å². The van der Waals surface area contributed by atoms with Gasteiger partial charge in [0, 0.05) is 31.4 Å². The molecule has 0 aliphatic carbocycles. The maximum absolute atomic E-state index is 12.9. The number of carbonyl (C=O) groups excluding carboxylic acids is 1. The third kappa shape index (κ3) is 5.18. The Bertz CT molecular complexity index is 856. The summed E-state index contributed by atoms with van der Waals surface area (Å²) in [6, 6.07) is 4.16. The lowest BCUT2D eigenvalue weighted by Crippen LogP contribution is -2.25. The molecular formula is C19H17F6N3O. The zero-order valence-corrected chi connectivity index (χ0v) is 15.1. The molecule has 1 fully saturated rings. The predicted octanol–water partition coefficient (Wildman–Crippen LogP) is 4.65. The first kappa shape index (κ1) is 20.9. The third-order valence-corrected chi connectivity index (χ3v) is 4.54. The Balaban J connectivity index is 1.77. The summed E-state index contributed by atoms with van der Waals surface area (Å²) in [5.74, 6) is -0.311. The molecule has 1 aromatic carbocycles. The maximum atomic E-state index is 12.9. The van der Waals surface area contributed by atoms with Gasteiger partial charge in [-0.1, -0.05) is 0 Å². The molecule has 3 rings (SSSR count). The van der Waals surface area contributed by atoms with Crippen molar-refractivity contribution in [2.45, 2.75) is 31.7 Å². The highest BCUT2D eigenvalue weighted by Crippen LogP contribution is 2.36. The molecule has 0 atom stereocenters. The number of nitrogens with one attached hydrogen (secondary N) is 1. The number of amides is 1. The second-order valence-corrected chi connectivity index (χ2v) is 6.69. The molecule has 2 heterocycles. The molecule has 1 amide bonds. The van der Waals surface area contributed by atoms with Crippen LogP contribution in [0.15, 0.2) is 36.5 Å². The summed E-state index contributed by atoms with van der Waals surface area (Å²) in [5.41, 5.74) is -3.13.